The molecule has 0 rings (SSSR count). The first kappa shape index (κ1) is 14.6. The first-order chi connectivity index (χ1) is 7.32. The van der Waals surface area contributed by atoms with Crippen molar-refractivity contribution in [2.45, 2.75) is 25.8 Å². The number of halogens is 1. The van der Waals surface area contributed by atoms with Crippen molar-refractivity contribution in [3.8, 4) is 0 Å². The molecule has 0 aliphatic rings. The average molecular weight is 231 g/mol. The Labute approximate surface area is 94.0 Å². The van der Waals surface area contributed by atoms with Crippen LogP contribution in [0.2, 0.25) is 0 Å². The molecule has 0 heterocycles. The summed E-state index contributed by atoms with van der Waals surface area (Å²) in [6, 6.07) is 0. The molecule has 0 saturated heterocycles. The van der Waals surface area contributed by atoms with Crippen molar-refractivity contribution < 1.29 is 14.3 Å². The molecule has 0 fully saturated rings. The Kier molecular flexibility index (Phi) is 5.66. The third-order valence-corrected chi connectivity index (χ3v) is 2.14. The van der Waals surface area contributed by atoms with Crippen molar-refractivity contribution >= 4 is 11.8 Å². The van der Waals surface area contributed by atoms with Crippen LogP contribution in [-0.4, -0.2) is 35.7 Å². The van der Waals surface area contributed by atoms with Gasteiger partial charge in [0.2, 0.25) is 0 Å². The maximum atomic E-state index is 12.6. The van der Waals surface area contributed by atoms with E-state index < -0.39 is 18.2 Å². The van der Waals surface area contributed by atoms with Crippen molar-refractivity contribution in [1.82, 2.24) is 0 Å². The van der Waals surface area contributed by atoms with E-state index in [1.165, 1.54) is 13.0 Å². The van der Waals surface area contributed by atoms with Gasteiger partial charge in [-0.1, -0.05) is 6.08 Å². The summed E-state index contributed by atoms with van der Waals surface area (Å²) in [5.74, 6) is -0.821. The molecule has 92 valence electrons. The lowest BCUT2D eigenvalue weighted by atomic mass is 9.93. The molecule has 1 atom stereocenters. The largest absolute Gasteiger partial charge is 0.480 e. The number of aliphatic imine (C=N–C) groups is 1. The van der Waals surface area contributed by atoms with Crippen LogP contribution in [0.1, 0.15) is 20.3 Å². The molecule has 0 amide bonds. The molecule has 0 saturated carbocycles. The molecule has 6 heteroatoms. The third kappa shape index (κ3) is 4.39. The molecule has 16 heavy (non-hydrogen) atoms. The number of hydrogen-bond donors (Lipinski definition) is 3. The number of nitrogens with zero attached hydrogens (tertiary/aromatic N) is 1. The monoisotopic (exact) mass is 231 g/mol. The molecule has 0 aliphatic carbocycles. The highest BCUT2D eigenvalue weighted by Gasteiger charge is 2.32. The van der Waals surface area contributed by atoms with Gasteiger partial charge >= 0.3 is 5.97 Å². The van der Waals surface area contributed by atoms with Gasteiger partial charge in [-0.2, -0.15) is 0 Å². The molecule has 0 aliphatic heterocycles. The summed E-state index contributed by atoms with van der Waals surface area (Å²) in [4.78, 5) is 14.7. The van der Waals surface area contributed by atoms with Gasteiger partial charge in [-0.25, -0.2) is 9.18 Å². The molecular weight excluding hydrogens is 213 g/mol. The van der Waals surface area contributed by atoms with Gasteiger partial charge in [-0.3, -0.25) is 4.99 Å². The van der Waals surface area contributed by atoms with E-state index in [0.717, 1.165) is 0 Å². The van der Waals surface area contributed by atoms with Crippen LogP contribution in [0.25, 0.3) is 0 Å². The van der Waals surface area contributed by atoms with E-state index in [1.807, 2.05) is 0 Å². The van der Waals surface area contributed by atoms with Gasteiger partial charge in [0.05, 0.1) is 5.84 Å². The summed E-state index contributed by atoms with van der Waals surface area (Å²) >= 11 is 0. The summed E-state index contributed by atoms with van der Waals surface area (Å²) in [5, 5.41) is 8.81. The average Bonchev–Trinajstić information content (AvgIpc) is 2.16. The van der Waals surface area contributed by atoms with Gasteiger partial charge in [0, 0.05) is 6.54 Å². The van der Waals surface area contributed by atoms with Crippen LogP contribution in [0.15, 0.2) is 16.6 Å². The number of carboxylic acid groups (broad SMARTS) is 1. The SMILES string of the molecule is CC(N)=NCC/C=C(/CF)C(C)(N)C(=O)O. The van der Waals surface area contributed by atoms with Crippen LogP contribution in [0.3, 0.4) is 0 Å². The molecule has 0 bridgehead atoms. The van der Waals surface area contributed by atoms with E-state index in [4.69, 9.17) is 16.6 Å². The van der Waals surface area contributed by atoms with Crippen LogP contribution in [0.4, 0.5) is 4.39 Å². The Morgan fingerprint density at radius 1 is 1.62 bits per heavy atom. The summed E-state index contributed by atoms with van der Waals surface area (Å²) in [6.07, 6.45) is 1.87. The Balaban J connectivity index is 4.55. The molecule has 0 aromatic heterocycles. The van der Waals surface area contributed by atoms with Gasteiger partial charge in [0.25, 0.3) is 0 Å². The minimum absolute atomic E-state index is 0.0462. The second-order valence-electron chi connectivity index (χ2n) is 3.68. The predicted molar refractivity (Wildman–Crippen MR) is 61.1 cm³/mol. The smallest absolute Gasteiger partial charge is 0.327 e. The summed E-state index contributed by atoms with van der Waals surface area (Å²) in [7, 11) is 0. The van der Waals surface area contributed by atoms with E-state index in [0.29, 0.717) is 18.8 Å². The maximum Gasteiger partial charge on any atom is 0.327 e. The molecule has 0 radical (unpaired) electrons. The number of nitrogens with two attached hydrogens (primary N) is 2. The zero-order valence-electron chi connectivity index (χ0n) is 9.53. The molecule has 0 aromatic carbocycles. The number of rotatable bonds is 6. The highest BCUT2D eigenvalue weighted by Crippen LogP contribution is 2.15. The number of alkyl halides is 1. The van der Waals surface area contributed by atoms with E-state index in [1.54, 1.807) is 6.92 Å². The highest BCUT2D eigenvalue weighted by molar-refractivity contribution is 5.82. The standard InChI is InChI=1S/C10H18FN3O2/c1-7(12)14-5-3-4-8(6-11)10(2,13)9(15)16/h4H,3,5-6,13H2,1-2H3,(H2,12,14)(H,15,16)/b8-4-. The second-order valence-corrected chi connectivity index (χ2v) is 3.68. The van der Waals surface area contributed by atoms with Crippen LogP contribution in [0, 0.1) is 0 Å². The summed E-state index contributed by atoms with van der Waals surface area (Å²) < 4.78 is 12.6. The first-order valence-electron chi connectivity index (χ1n) is 4.86. The highest BCUT2D eigenvalue weighted by atomic mass is 19.1. The van der Waals surface area contributed by atoms with Gasteiger partial charge in [-0.15, -0.1) is 0 Å². The van der Waals surface area contributed by atoms with Crippen LogP contribution in [0.5, 0.6) is 0 Å². The first-order valence-corrected chi connectivity index (χ1v) is 4.86. The van der Waals surface area contributed by atoms with E-state index in [9.17, 15) is 9.18 Å². The van der Waals surface area contributed by atoms with Crippen molar-refractivity contribution in [2.75, 3.05) is 13.2 Å². The van der Waals surface area contributed by atoms with E-state index in [-0.39, 0.29) is 5.57 Å². The lowest BCUT2D eigenvalue weighted by Crippen LogP contribution is -2.47. The fourth-order valence-corrected chi connectivity index (χ4v) is 1.02. The maximum absolute atomic E-state index is 12.6. The zero-order chi connectivity index (χ0) is 12.8. The minimum atomic E-state index is -1.67. The Morgan fingerprint density at radius 2 is 2.19 bits per heavy atom. The Morgan fingerprint density at radius 3 is 2.56 bits per heavy atom. The predicted octanol–water partition coefficient (Wildman–Crippen LogP) is 0.452. The molecule has 1 unspecified atom stereocenters. The number of aliphatic carboxylic acids is 1. The molecule has 0 aromatic rings. The van der Waals surface area contributed by atoms with Crippen LogP contribution >= 0.6 is 0 Å². The topological polar surface area (TPSA) is 102 Å². The summed E-state index contributed by atoms with van der Waals surface area (Å²) in [6.45, 7) is 2.41. The van der Waals surface area contributed by atoms with Gasteiger partial charge in [0.1, 0.15) is 12.2 Å². The molecule has 5 nitrogen and oxygen atoms in total. The number of carbonyl (C=O) groups is 1. The molecule has 0 spiro atoms. The Bertz CT molecular complexity index is 307. The zero-order valence-corrected chi connectivity index (χ0v) is 9.53. The van der Waals surface area contributed by atoms with Crippen LogP contribution in [-0.2, 0) is 4.79 Å². The second kappa shape index (κ2) is 6.22. The lowest BCUT2D eigenvalue weighted by molar-refractivity contribution is -0.141. The van der Waals surface area contributed by atoms with Crippen molar-refractivity contribution in [3.63, 3.8) is 0 Å². The number of amidine groups is 1. The minimum Gasteiger partial charge on any atom is -0.480 e. The Hall–Kier alpha value is -1.43. The van der Waals surface area contributed by atoms with E-state index in [2.05, 4.69) is 4.99 Å². The molecule has 5 N–H and O–H groups in total. The lowest BCUT2D eigenvalue weighted by Gasteiger charge is -2.21. The van der Waals surface area contributed by atoms with Crippen molar-refractivity contribution in [3.05, 3.63) is 11.6 Å². The van der Waals surface area contributed by atoms with Gasteiger partial charge in [-0.05, 0) is 25.8 Å². The quantitative estimate of drug-likeness (QED) is 0.267. The van der Waals surface area contributed by atoms with Gasteiger partial charge < -0.3 is 16.6 Å². The van der Waals surface area contributed by atoms with Gasteiger partial charge in [0.15, 0.2) is 0 Å². The molecular formula is C10H18FN3O2. The third-order valence-electron chi connectivity index (χ3n) is 2.14. The van der Waals surface area contributed by atoms with Crippen molar-refractivity contribution in [1.29, 1.82) is 0 Å². The van der Waals surface area contributed by atoms with Crippen LogP contribution < -0.4 is 11.5 Å². The summed E-state index contributed by atoms with van der Waals surface area (Å²) in [5.41, 5.74) is 9.18. The number of carboxylic acids is 1. The van der Waals surface area contributed by atoms with E-state index >= 15 is 0 Å². The van der Waals surface area contributed by atoms with Crippen molar-refractivity contribution in [2.24, 2.45) is 16.5 Å². The fraction of sp³-hybridized carbons (Fsp3) is 0.600. The normalized spacial score (nSPS) is 17.0. The fourth-order valence-electron chi connectivity index (χ4n) is 1.02. The number of hydrogen-bond acceptors (Lipinski definition) is 3.